The van der Waals surface area contributed by atoms with E-state index in [1.54, 1.807) is 6.07 Å². The van der Waals surface area contributed by atoms with E-state index >= 15 is 0 Å². The molecular formula is C16H25FN2O. The number of hydrogen-bond donors (Lipinski definition) is 2. The van der Waals surface area contributed by atoms with E-state index < -0.39 is 11.9 Å². The topological polar surface area (TPSA) is 49.5 Å². The van der Waals surface area contributed by atoms with Gasteiger partial charge in [0.1, 0.15) is 5.82 Å². The van der Waals surface area contributed by atoms with Crippen molar-refractivity contribution in [1.29, 1.82) is 0 Å². The number of nitrogens with zero attached hydrogens (tertiary/aromatic N) is 1. The Morgan fingerprint density at radius 3 is 2.70 bits per heavy atom. The molecule has 1 aliphatic rings. The maximum atomic E-state index is 13.1. The van der Waals surface area contributed by atoms with E-state index in [1.165, 1.54) is 44.2 Å². The number of nitrogen functional groups attached to an aromatic ring is 1. The maximum absolute atomic E-state index is 13.1. The lowest BCUT2D eigenvalue weighted by Crippen LogP contribution is -2.34. The van der Waals surface area contributed by atoms with Gasteiger partial charge in [-0.2, -0.15) is 0 Å². The quantitative estimate of drug-likeness (QED) is 0.815. The van der Waals surface area contributed by atoms with Crippen molar-refractivity contribution in [3.8, 4) is 0 Å². The second-order valence-corrected chi connectivity index (χ2v) is 5.86. The number of benzene rings is 1. The second-order valence-electron chi connectivity index (χ2n) is 5.86. The Labute approximate surface area is 120 Å². The van der Waals surface area contributed by atoms with Gasteiger partial charge in [-0.15, -0.1) is 0 Å². The summed E-state index contributed by atoms with van der Waals surface area (Å²) in [5.74, 6) is -0.430. The number of rotatable bonds is 5. The molecular weight excluding hydrogens is 255 g/mol. The third kappa shape index (κ3) is 3.93. The van der Waals surface area contributed by atoms with Crippen LogP contribution in [-0.2, 0) is 0 Å². The zero-order valence-corrected chi connectivity index (χ0v) is 12.2. The first-order valence-electron chi connectivity index (χ1n) is 7.51. The summed E-state index contributed by atoms with van der Waals surface area (Å²) in [4.78, 5) is 2.34. The Kier molecular flexibility index (Phi) is 5.38. The molecule has 0 heterocycles. The van der Waals surface area contributed by atoms with Gasteiger partial charge in [0.15, 0.2) is 0 Å². The molecule has 1 unspecified atom stereocenters. The summed E-state index contributed by atoms with van der Waals surface area (Å²) in [5.41, 5.74) is 6.33. The Hall–Kier alpha value is -1.13. The summed E-state index contributed by atoms with van der Waals surface area (Å²) in [7, 11) is 2.13. The molecule has 3 nitrogen and oxygen atoms in total. The van der Waals surface area contributed by atoms with Crippen LogP contribution in [0.1, 0.15) is 50.2 Å². The van der Waals surface area contributed by atoms with Gasteiger partial charge in [-0.05, 0) is 44.0 Å². The van der Waals surface area contributed by atoms with Crippen molar-refractivity contribution in [3.63, 3.8) is 0 Å². The van der Waals surface area contributed by atoms with Gasteiger partial charge in [-0.1, -0.05) is 25.3 Å². The second kappa shape index (κ2) is 7.04. The van der Waals surface area contributed by atoms with Crippen molar-refractivity contribution >= 4 is 5.69 Å². The van der Waals surface area contributed by atoms with Crippen LogP contribution in [0.25, 0.3) is 0 Å². The van der Waals surface area contributed by atoms with E-state index in [0.717, 1.165) is 6.54 Å². The minimum Gasteiger partial charge on any atom is -0.396 e. The van der Waals surface area contributed by atoms with Gasteiger partial charge in [0.05, 0.1) is 11.8 Å². The van der Waals surface area contributed by atoms with Crippen molar-refractivity contribution in [2.24, 2.45) is 0 Å². The van der Waals surface area contributed by atoms with Crippen molar-refractivity contribution in [2.45, 2.75) is 50.7 Å². The van der Waals surface area contributed by atoms with Crippen LogP contribution < -0.4 is 5.73 Å². The molecule has 0 aromatic heterocycles. The highest BCUT2D eigenvalue weighted by Gasteiger charge is 2.19. The maximum Gasteiger partial charge on any atom is 0.146 e. The predicted octanol–water partition coefficient (Wildman–Crippen LogP) is 3.10. The van der Waals surface area contributed by atoms with E-state index in [1.807, 2.05) is 0 Å². The fourth-order valence-corrected chi connectivity index (χ4v) is 2.97. The van der Waals surface area contributed by atoms with Crippen LogP contribution in [0.15, 0.2) is 18.2 Å². The third-order valence-corrected chi connectivity index (χ3v) is 4.36. The van der Waals surface area contributed by atoms with Gasteiger partial charge < -0.3 is 15.7 Å². The molecule has 1 aliphatic carbocycles. The van der Waals surface area contributed by atoms with Crippen molar-refractivity contribution in [3.05, 3.63) is 29.6 Å². The highest BCUT2D eigenvalue weighted by molar-refractivity contribution is 5.43. The van der Waals surface area contributed by atoms with E-state index in [-0.39, 0.29) is 5.69 Å². The minimum atomic E-state index is -0.580. The summed E-state index contributed by atoms with van der Waals surface area (Å²) in [5, 5.41) is 10.2. The van der Waals surface area contributed by atoms with Gasteiger partial charge >= 0.3 is 0 Å². The SMILES string of the molecule is CN(CCC(O)c1ccc(F)c(N)c1)C1CCCCC1. The average molecular weight is 280 g/mol. The van der Waals surface area contributed by atoms with Crippen LogP contribution in [0.3, 0.4) is 0 Å². The molecule has 0 aliphatic heterocycles. The van der Waals surface area contributed by atoms with Crippen molar-refractivity contribution < 1.29 is 9.50 Å². The number of anilines is 1. The Morgan fingerprint density at radius 2 is 2.05 bits per heavy atom. The smallest absolute Gasteiger partial charge is 0.146 e. The molecule has 3 N–H and O–H groups in total. The summed E-state index contributed by atoms with van der Waals surface area (Å²) in [6.45, 7) is 0.850. The van der Waals surface area contributed by atoms with Gasteiger partial charge in [-0.3, -0.25) is 0 Å². The molecule has 0 bridgehead atoms. The molecule has 0 spiro atoms. The molecule has 0 radical (unpaired) electrons. The van der Waals surface area contributed by atoms with Gasteiger partial charge in [-0.25, -0.2) is 4.39 Å². The fourth-order valence-electron chi connectivity index (χ4n) is 2.97. The lowest BCUT2D eigenvalue weighted by Gasteiger charge is -2.31. The fraction of sp³-hybridized carbons (Fsp3) is 0.625. The molecule has 112 valence electrons. The van der Waals surface area contributed by atoms with E-state index in [4.69, 9.17) is 5.73 Å². The molecule has 2 rings (SSSR count). The molecule has 0 saturated heterocycles. The third-order valence-electron chi connectivity index (χ3n) is 4.36. The number of nitrogens with two attached hydrogens (primary N) is 1. The van der Waals surface area contributed by atoms with Crippen LogP contribution in [0.5, 0.6) is 0 Å². The normalized spacial score (nSPS) is 18.4. The molecule has 0 amide bonds. The zero-order chi connectivity index (χ0) is 14.5. The van der Waals surface area contributed by atoms with Crippen LogP contribution >= 0.6 is 0 Å². The lowest BCUT2D eigenvalue weighted by atomic mass is 9.94. The molecule has 1 aromatic rings. The van der Waals surface area contributed by atoms with E-state index in [9.17, 15) is 9.50 Å². The lowest BCUT2D eigenvalue weighted by molar-refractivity contribution is 0.125. The minimum absolute atomic E-state index is 0.0992. The van der Waals surface area contributed by atoms with Gasteiger partial charge in [0.2, 0.25) is 0 Å². The number of hydrogen-bond acceptors (Lipinski definition) is 3. The Morgan fingerprint density at radius 1 is 1.35 bits per heavy atom. The van der Waals surface area contributed by atoms with E-state index in [0.29, 0.717) is 18.0 Å². The summed E-state index contributed by atoms with van der Waals surface area (Å²) < 4.78 is 13.1. The molecule has 1 saturated carbocycles. The first kappa shape index (κ1) is 15.3. The van der Waals surface area contributed by atoms with Crippen LogP contribution in [-0.4, -0.2) is 29.6 Å². The predicted molar refractivity (Wildman–Crippen MR) is 79.9 cm³/mol. The first-order valence-corrected chi connectivity index (χ1v) is 7.51. The largest absolute Gasteiger partial charge is 0.396 e. The summed E-state index contributed by atoms with van der Waals surface area (Å²) >= 11 is 0. The molecule has 1 atom stereocenters. The molecule has 4 heteroatoms. The van der Waals surface area contributed by atoms with Crippen LogP contribution in [0.4, 0.5) is 10.1 Å². The zero-order valence-electron chi connectivity index (χ0n) is 12.2. The Balaban J connectivity index is 1.84. The number of aliphatic hydroxyl groups excluding tert-OH is 1. The molecule has 1 aromatic carbocycles. The first-order chi connectivity index (χ1) is 9.58. The average Bonchev–Trinajstić information content (AvgIpc) is 2.48. The van der Waals surface area contributed by atoms with Crippen molar-refractivity contribution in [2.75, 3.05) is 19.3 Å². The summed E-state index contributed by atoms with van der Waals surface area (Å²) in [6, 6.07) is 5.10. The van der Waals surface area contributed by atoms with Gasteiger partial charge in [0.25, 0.3) is 0 Å². The van der Waals surface area contributed by atoms with Crippen LogP contribution in [0.2, 0.25) is 0 Å². The molecule has 1 fully saturated rings. The van der Waals surface area contributed by atoms with Crippen LogP contribution in [0, 0.1) is 5.82 Å². The number of aliphatic hydroxyl groups is 1. The Bertz CT molecular complexity index is 432. The summed E-state index contributed by atoms with van der Waals surface area (Å²) in [6.07, 6.45) is 6.56. The molecule has 20 heavy (non-hydrogen) atoms. The van der Waals surface area contributed by atoms with Gasteiger partial charge in [0, 0.05) is 12.6 Å². The standard InChI is InChI=1S/C16H25FN2O/c1-19(13-5-3-2-4-6-13)10-9-16(20)12-7-8-14(17)15(18)11-12/h7-8,11,13,16,20H,2-6,9-10,18H2,1H3. The number of halogens is 1. The highest BCUT2D eigenvalue weighted by Crippen LogP contribution is 2.24. The monoisotopic (exact) mass is 280 g/mol. The van der Waals surface area contributed by atoms with E-state index in [2.05, 4.69) is 11.9 Å². The van der Waals surface area contributed by atoms with Crippen molar-refractivity contribution in [1.82, 2.24) is 4.90 Å². The highest BCUT2D eigenvalue weighted by atomic mass is 19.1.